The van der Waals surface area contributed by atoms with Gasteiger partial charge < -0.3 is 9.80 Å². The van der Waals surface area contributed by atoms with Gasteiger partial charge in [-0.2, -0.15) is 14.6 Å². The number of carbonyl (C=O) groups is 1. The Morgan fingerprint density at radius 2 is 1.94 bits per heavy atom. The molecule has 12 heteroatoms. The molecule has 1 atom stereocenters. The van der Waals surface area contributed by atoms with E-state index in [0.29, 0.717) is 37.5 Å². The summed E-state index contributed by atoms with van der Waals surface area (Å²) in [6, 6.07) is 7.86. The molecule has 0 aliphatic carbocycles. The molecule has 1 fully saturated rings. The van der Waals surface area contributed by atoms with Crippen LogP contribution in [0, 0.1) is 6.92 Å². The zero-order valence-corrected chi connectivity index (χ0v) is 18.4. The highest BCUT2D eigenvalue weighted by Crippen LogP contribution is 2.23. The highest BCUT2D eigenvalue weighted by Gasteiger charge is 2.32. The lowest BCUT2D eigenvalue weighted by atomic mass is 10.2. The number of fused-ring (bicyclic) bond motifs is 2. The van der Waals surface area contributed by atoms with E-state index in [1.54, 1.807) is 34.5 Å². The normalized spacial score (nSPS) is 19.8. The number of hydrogen-bond donors (Lipinski definition) is 1. The second-order valence-corrected chi connectivity index (χ2v) is 9.45. The lowest BCUT2D eigenvalue weighted by molar-refractivity contribution is -0.132. The van der Waals surface area contributed by atoms with Crippen molar-refractivity contribution in [2.75, 3.05) is 31.1 Å². The number of amides is 1. The van der Waals surface area contributed by atoms with Crippen LogP contribution in [-0.2, 0) is 14.8 Å². The lowest BCUT2D eigenvalue weighted by Crippen LogP contribution is -2.51. The Morgan fingerprint density at radius 3 is 2.72 bits per heavy atom. The maximum absolute atomic E-state index is 13.0. The largest absolute Gasteiger partial charge is 0.353 e. The minimum Gasteiger partial charge on any atom is -0.353 e. The van der Waals surface area contributed by atoms with E-state index in [4.69, 9.17) is 0 Å². The van der Waals surface area contributed by atoms with Gasteiger partial charge in [-0.15, -0.1) is 0 Å². The number of sulfonamides is 1. The first kappa shape index (κ1) is 20.4. The molecule has 4 heterocycles. The maximum Gasteiger partial charge on any atom is 0.263 e. The average molecular weight is 455 g/mol. The first-order valence-electron chi connectivity index (χ1n) is 10.2. The minimum atomic E-state index is -3.64. The van der Waals surface area contributed by atoms with Gasteiger partial charge >= 0.3 is 0 Å². The van der Waals surface area contributed by atoms with E-state index >= 15 is 0 Å². The number of anilines is 1. The van der Waals surface area contributed by atoms with Gasteiger partial charge in [0.15, 0.2) is 0 Å². The van der Waals surface area contributed by atoms with Crippen molar-refractivity contribution >= 4 is 33.4 Å². The lowest BCUT2D eigenvalue weighted by Gasteiger charge is -2.36. The first-order chi connectivity index (χ1) is 15.3. The summed E-state index contributed by atoms with van der Waals surface area (Å²) >= 11 is 0. The van der Waals surface area contributed by atoms with Crippen molar-refractivity contribution in [1.82, 2.24) is 29.2 Å². The zero-order chi connectivity index (χ0) is 22.5. The van der Waals surface area contributed by atoms with Gasteiger partial charge in [0.25, 0.3) is 15.8 Å². The van der Waals surface area contributed by atoms with Crippen LogP contribution in [0.3, 0.4) is 0 Å². The van der Waals surface area contributed by atoms with Crippen LogP contribution >= 0.6 is 0 Å². The Bertz CT molecular complexity index is 1340. The quantitative estimate of drug-likeness (QED) is 0.600. The molecule has 1 saturated heterocycles. The van der Waals surface area contributed by atoms with Crippen LogP contribution in [0.1, 0.15) is 18.2 Å². The molecular weight excluding hydrogens is 432 g/mol. The van der Waals surface area contributed by atoms with Crippen molar-refractivity contribution in [1.29, 1.82) is 0 Å². The average Bonchev–Trinajstić information content (AvgIpc) is 3.35. The van der Waals surface area contributed by atoms with Crippen LogP contribution in [0.25, 0.3) is 5.78 Å². The topological polar surface area (TPSA) is 125 Å². The number of aliphatic imine (C=N–C) groups is 1. The van der Waals surface area contributed by atoms with Crippen molar-refractivity contribution in [3.63, 3.8) is 0 Å². The third-order valence-electron chi connectivity index (χ3n) is 5.62. The van der Waals surface area contributed by atoms with Crippen LogP contribution in [0.15, 0.2) is 46.5 Å². The van der Waals surface area contributed by atoms with E-state index in [2.05, 4.69) is 29.7 Å². The third-order valence-corrected chi connectivity index (χ3v) is 7.02. The molecule has 1 amide bonds. The van der Waals surface area contributed by atoms with Gasteiger partial charge in [0, 0.05) is 43.5 Å². The summed E-state index contributed by atoms with van der Waals surface area (Å²) in [4.78, 5) is 30.0. The number of carbonyl (C=O) groups excluding carboxylic acids is 1. The Morgan fingerprint density at radius 1 is 1.19 bits per heavy atom. The molecule has 3 aromatic rings. The van der Waals surface area contributed by atoms with E-state index in [9.17, 15) is 13.2 Å². The summed E-state index contributed by atoms with van der Waals surface area (Å²) in [5.41, 5.74) is 1.34. The number of nitrogens with one attached hydrogen (secondary N) is 1. The van der Waals surface area contributed by atoms with Crippen molar-refractivity contribution in [3.05, 3.63) is 47.9 Å². The standard InChI is InChI=1S/C20H22N8O3S/c1-13-11-17(28-20(23-13)21-12-22-28)26-7-9-27(10-8-26)19(29)14(2)24-18-15-5-3-4-6-16(15)32(30,31)25-18/h3-6,11-12,14H,7-10H2,1-2H3,(H,24,25)/t14-/m0/s1. The molecule has 0 spiro atoms. The fourth-order valence-corrected chi connectivity index (χ4v) is 5.27. The Balaban J connectivity index is 1.30. The van der Waals surface area contributed by atoms with E-state index in [1.807, 2.05) is 13.0 Å². The second-order valence-electron chi connectivity index (χ2n) is 7.80. The van der Waals surface area contributed by atoms with Crippen LogP contribution in [-0.4, -0.2) is 76.9 Å². The number of piperazine rings is 1. The van der Waals surface area contributed by atoms with Crippen molar-refractivity contribution in [2.24, 2.45) is 4.99 Å². The number of nitrogens with zero attached hydrogens (tertiary/aromatic N) is 7. The molecule has 2 aromatic heterocycles. The molecule has 0 unspecified atom stereocenters. The fraction of sp³-hybridized carbons (Fsp3) is 0.350. The van der Waals surface area contributed by atoms with Crippen LogP contribution < -0.4 is 9.62 Å². The van der Waals surface area contributed by atoms with Crippen molar-refractivity contribution < 1.29 is 13.2 Å². The van der Waals surface area contributed by atoms with Crippen LogP contribution in [0.2, 0.25) is 0 Å². The van der Waals surface area contributed by atoms with Gasteiger partial charge in [0.05, 0.1) is 4.90 Å². The number of aryl methyl sites for hydroxylation is 1. The molecule has 1 aromatic carbocycles. The predicted molar refractivity (Wildman–Crippen MR) is 117 cm³/mol. The molecule has 0 saturated carbocycles. The van der Waals surface area contributed by atoms with Gasteiger partial charge in [0.2, 0.25) is 5.91 Å². The molecule has 1 N–H and O–H groups in total. The third kappa shape index (κ3) is 3.45. The van der Waals surface area contributed by atoms with Crippen LogP contribution in [0.5, 0.6) is 0 Å². The predicted octanol–water partition coefficient (Wildman–Crippen LogP) is 0.209. The summed E-state index contributed by atoms with van der Waals surface area (Å²) in [7, 11) is -3.64. The summed E-state index contributed by atoms with van der Waals surface area (Å²) in [6.07, 6.45) is 1.47. The number of aromatic nitrogens is 4. The second kappa shape index (κ2) is 7.55. The molecule has 0 bridgehead atoms. The summed E-state index contributed by atoms with van der Waals surface area (Å²) in [5, 5.41) is 4.25. The number of rotatable bonds is 3. The summed E-state index contributed by atoms with van der Waals surface area (Å²) < 4.78 is 28.7. The van der Waals surface area contributed by atoms with Gasteiger partial charge in [-0.05, 0) is 26.0 Å². The van der Waals surface area contributed by atoms with Crippen molar-refractivity contribution in [2.45, 2.75) is 24.8 Å². The van der Waals surface area contributed by atoms with E-state index in [-0.39, 0.29) is 16.6 Å². The molecule has 0 radical (unpaired) electrons. The van der Waals surface area contributed by atoms with Crippen LogP contribution in [0.4, 0.5) is 5.82 Å². The van der Waals surface area contributed by atoms with E-state index < -0.39 is 16.1 Å². The highest BCUT2D eigenvalue weighted by molar-refractivity contribution is 7.90. The Labute approximate surface area is 184 Å². The summed E-state index contributed by atoms with van der Waals surface area (Å²) in [6.45, 7) is 5.89. The monoisotopic (exact) mass is 454 g/mol. The zero-order valence-electron chi connectivity index (χ0n) is 17.6. The minimum absolute atomic E-state index is 0.141. The first-order valence-corrected chi connectivity index (χ1v) is 11.7. The molecule has 11 nitrogen and oxygen atoms in total. The van der Waals surface area contributed by atoms with E-state index in [1.165, 1.54) is 12.4 Å². The summed E-state index contributed by atoms with van der Waals surface area (Å²) in [5.74, 6) is 1.50. The molecule has 2 aliphatic rings. The van der Waals surface area contributed by atoms with Gasteiger partial charge in [-0.1, -0.05) is 12.1 Å². The van der Waals surface area contributed by atoms with Gasteiger partial charge in [0.1, 0.15) is 24.0 Å². The molecule has 166 valence electrons. The molecule has 32 heavy (non-hydrogen) atoms. The van der Waals surface area contributed by atoms with Gasteiger partial charge in [-0.25, -0.2) is 13.4 Å². The SMILES string of the molecule is Cc1cc(N2CCN(C(=O)[C@H](C)N=C3NS(=O)(=O)c4ccccc43)CC2)n2ncnc2n1. The number of amidine groups is 1. The van der Waals surface area contributed by atoms with Gasteiger partial charge in [-0.3, -0.25) is 14.5 Å². The Hall–Kier alpha value is -3.54. The van der Waals surface area contributed by atoms with E-state index in [0.717, 1.165) is 11.5 Å². The maximum atomic E-state index is 13.0. The Kier molecular flexibility index (Phi) is 4.81. The molecule has 5 rings (SSSR count). The highest BCUT2D eigenvalue weighted by atomic mass is 32.2. The van der Waals surface area contributed by atoms with Crippen molar-refractivity contribution in [3.8, 4) is 0 Å². The number of benzene rings is 1. The fourth-order valence-electron chi connectivity index (χ4n) is 4.04. The number of hydrogen-bond acceptors (Lipinski definition) is 8. The smallest absolute Gasteiger partial charge is 0.263 e. The molecule has 2 aliphatic heterocycles. The molecular formula is C20H22N8O3S.